The van der Waals surface area contributed by atoms with Crippen LogP contribution in [0.15, 0.2) is 47.0 Å². The Kier molecular flexibility index (Phi) is 9.16. The summed E-state index contributed by atoms with van der Waals surface area (Å²) in [6.07, 6.45) is 2.15. The normalized spacial score (nSPS) is 19.0. The van der Waals surface area contributed by atoms with Crippen LogP contribution >= 0.6 is 0 Å². The maximum absolute atomic E-state index is 14.0. The number of amides is 1. The molecular formula is C27H37F4N6O2+. The molecule has 0 unspecified atom stereocenters. The van der Waals surface area contributed by atoms with Gasteiger partial charge in [0, 0.05) is 50.1 Å². The van der Waals surface area contributed by atoms with Gasteiger partial charge in [-0.3, -0.25) is 18.8 Å². The zero-order chi connectivity index (χ0) is 28.2. The van der Waals surface area contributed by atoms with Gasteiger partial charge < -0.3 is 16.4 Å². The van der Waals surface area contributed by atoms with Gasteiger partial charge >= 0.3 is 11.9 Å². The van der Waals surface area contributed by atoms with Gasteiger partial charge in [-0.05, 0) is 75.7 Å². The number of aryl methyl sites for hydroxylation is 1. The van der Waals surface area contributed by atoms with Crippen LogP contribution in [-0.4, -0.2) is 63.7 Å². The molecular weight excluding hydrogens is 516 g/mol. The van der Waals surface area contributed by atoms with E-state index in [1.165, 1.54) is 29.0 Å². The summed E-state index contributed by atoms with van der Waals surface area (Å²) in [5.74, 6) is -0.465. The van der Waals surface area contributed by atoms with E-state index in [2.05, 4.69) is 10.6 Å². The second kappa shape index (κ2) is 12.4. The van der Waals surface area contributed by atoms with Crippen molar-refractivity contribution in [1.82, 2.24) is 18.9 Å². The predicted molar refractivity (Wildman–Crippen MR) is 140 cm³/mol. The summed E-state index contributed by atoms with van der Waals surface area (Å²) in [6.45, 7) is 3.20. The molecule has 1 aromatic heterocycles. The zero-order valence-corrected chi connectivity index (χ0v) is 22.0. The first-order valence-electron chi connectivity index (χ1n) is 13.5. The van der Waals surface area contributed by atoms with Crippen LogP contribution in [0, 0.1) is 11.7 Å². The molecule has 1 amide bonds. The van der Waals surface area contributed by atoms with Crippen molar-refractivity contribution in [1.29, 1.82) is 0 Å². The molecule has 0 bridgehead atoms. The number of alkyl halides is 3. The highest BCUT2D eigenvalue weighted by Gasteiger charge is 2.33. The van der Waals surface area contributed by atoms with Crippen molar-refractivity contribution in [3.8, 4) is 0 Å². The number of halogens is 4. The maximum atomic E-state index is 14.0. The number of aromatic nitrogens is 2. The number of piperidine rings is 2. The molecule has 214 valence electrons. The van der Waals surface area contributed by atoms with E-state index in [0.29, 0.717) is 37.0 Å². The number of imidazole rings is 1. The molecule has 3 heterocycles. The van der Waals surface area contributed by atoms with E-state index >= 15 is 0 Å². The first-order valence-corrected chi connectivity index (χ1v) is 13.5. The number of hydrogen-bond donors (Lipinski definition) is 2. The Balaban J connectivity index is 1.39. The Morgan fingerprint density at radius 2 is 1.77 bits per heavy atom. The summed E-state index contributed by atoms with van der Waals surface area (Å²) in [5, 5.41) is 0. The van der Waals surface area contributed by atoms with Crippen molar-refractivity contribution in [2.24, 2.45) is 11.7 Å². The van der Waals surface area contributed by atoms with Crippen LogP contribution in [0.2, 0.25) is 0 Å². The fourth-order valence-corrected chi connectivity index (χ4v) is 5.77. The molecule has 2 aliphatic heterocycles. The molecule has 2 aliphatic rings. The molecule has 1 aromatic carbocycles. The van der Waals surface area contributed by atoms with Crippen LogP contribution in [0.3, 0.4) is 0 Å². The van der Waals surface area contributed by atoms with E-state index in [4.69, 9.17) is 5.73 Å². The van der Waals surface area contributed by atoms with Crippen molar-refractivity contribution >= 4 is 16.9 Å². The lowest BCUT2D eigenvalue weighted by atomic mass is 9.93. The molecule has 12 heteroatoms. The largest absolute Gasteiger partial charge is 0.405 e. The minimum Gasteiger partial charge on any atom is -0.405 e. The van der Waals surface area contributed by atoms with Gasteiger partial charge in [0.15, 0.2) is 0 Å². The number of benzene rings is 1. The third-order valence-corrected chi connectivity index (χ3v) is 7.82. The van der Waals surface area contributed by atoms with Crippen molar-refractivity contribution in [3.05, 3.63) is 58.5 Å². The lowest BCUT2D eigenvalue weighted by Gasteiger charge is -2.37. The average molecular weight is 554 g/mol. The summed E-state index contributed by atoms with van der Waals surface area (Å²) in [5.41, 5.74) is 10.7. The van der Waals surface area contributed by atoms with E-state index in [1.807, 2.05) is 11.0 Å². The summed E-state index contributed by atoms with van der Waals surface area (Å²) in [4.78, 5) is 30.7. The van der Waals surface area contributed by atoms with Crippen molar-refractivity contribution in [3.63, 3.8) is 0 Å². The van der Waals surface area contributed by atoms with Crippen molar-refractivity contribution in [2.45, 2.75) is 57.3 Å². The summed E-state index contributed by atoms with van der Waals surface area (Å²) in [6, 6.07) is 3.75. The number of nitrogens with zero attached hydrogens (tertiary/aromatic N) is 4. The number of fused-ring (bicyclic) bond motifs is 1. The van der Waals surface area contributed by atoms with E-state index in [0.717, 1.165) is 38.0 Å². The topological polar surface area (TPSA) is 104 Å². The number of likely N-dealkylation sites (tertiary alicyclic amines) is 2. The highest BCUT2D eigenvalue weighted by atomic mass is 19.4. The average Bonchev–Trinajstić information content (AvgIpc) is 3.18. The van der Waals surface area contributed by atoms with Crippen LogP contribution in [0.5, 0.6) is 0 Å². The lowest BCUT2D eigenvalue weighted by molar-refractivity contribution is -0.276. The van der Waals surface area contributed by atoms with Gasteiger partial charge in [0.25, 0.3) is 0 Å². The fraction of sp³-hybridized carbons (Fsp3) is 0.556. The number of carbonyl (C=O) groups excluding carboxylic acids is 1. The molecule has 2 fully saturated rings. The van der Waals surface area contributed by atoms with E-state index < -0.39 is 24.1 Å². The molecule has 0 spiro atoms. The quantitative estimate of drug-likeness (QED) is 0.388. The Morgan fingerprint density at radius 1 is 1.08 bits per heavy atom. The van der Waals surface area contributed by atoms with Gasteiger partial charge in [-0.15, -0.1) is 0 Å². The number of quaternary nitrogens is 1. The Hall–Kier alpha value is -3.12. The van der Waals surface area contributed by atoms with Gasteiger partial charge in [0.05, 0.1) is 17.2 Å². The zero-order valence-electron chi connectivity index (χ0n) is 22.0. The van der Waals surface area contributed by atoms with Crippen LogP contribution in [0.25, 0.3) is 11.0 Å². The van der Waals surface area contributed by atoms with Crippen LogP contribution in [0.1, 0.15) is 44.6 Å². The number of carbonyl (C=O) groups is 1. The Labute approximate surface area is 224 Å². The lowest BCUT2D eigenvalue weighted by Crippen LogP contribution is -2.47. The third kappa shape index (κ3) is 6.91. The minimum atomic E-state index is -4.32. The van der Waals surface area contributed by atoms with Gasteiger partial charge in [-0.1, -0.05) is 0 Å². The SMILES string of the molecule is NC=CC(=C[NH3+])CN1CCC(C(=O)N2CCC(n3c(=O)n(CCCC(F)(F)F)c4cc(F)ccc43)CC2)CC1. The highest BCUT2D eigenvalue weighted by Crippen LogP contribution is 2.29. The van der Waals surface area contributed by atoms with Crippen LogP contribution in [0.4, 0.5) is 17.6 Å². The summed E-state index contributed by atoms with van der Waals surface area (Å²) in [7, 11) is 0. The maximum Gasteiger partial charge on any atom is 0.389 e. The number of nitrogens with two attached hydrogens (primary N) is 1. The summed E-state index contributed by atoms with van der Waals surface area (Å²) < 4.78 is 54.9. The van der Waals surface area contributed by atoms with E-state index in [-0.39, 0.29) is 30.8 Å². The fourth-order valence-electron chi connectivity index (χ4n) is 5.77. The second-order valence-corrected chi connectivity index (χ2v) is 10.4. The molecule has 8 nitrogen and oxygen atoms in total. The molecule has 39 heavy (non-hydrogen) atoms. The first-order chi connectivity index (χ1) is 18.6. The Bertz CT molecular complexity index is 1270. The number of rotatable bonds is 8. The molecule has 0 aliphatic carbocycles. The minimum absolute atomic E-state index is 0.0451. The standard InChI is InChI=1S/C27H36F4N6O2/c28-21-2-3-23-24(16-21)36(11-1-9-27(29,30)31)26(39)37(23)22-7-14-35(15-8-22)25(38)20-5-12-34(13-6-20)18-19(17-33)4-10-32/h2-4,10,16-17,20,22H,1,5-9,11-15,18,32-33H2/p+1. The monoisotopic (exact) mass is 553 g/mol. The second-order valence-electron chi connectivity index (χ2n) is 10.4. The van der Waals surface area contributed by atoms with Crippen molar-refractivity contribution < 1.29 is 28.1 Å². The van der Waals surface area contributed by atoms with Gasteiger partial charge in [-0.25, -0.2) is 9.18 Å². The van der Waals surface area contributed by atoms with Crippen molar-refractivity contribution in [2.75, 3.05) is 32.7 Å². The molecule has 4 rings (SSSR count). The van der Waals surface area contributed by atoms with E-state index in [1.54, 1.807) is 10.8 Å². The third-order valence-electron chi connectivity index (χ3n) is 7.82. The molecule has 0 atom stereocenters. The molecule has 0 radical (unpaired) electrons. The predicted octanol–water partition coefficient (Wildman–Crippen LogP) is 2.76. The van der Waals surface area contributed by atoms with Crippen LogP contribution < -0.4 is 17.2 Å². The summed E-state index contributed by atoms with van der Waals surface area (Å²) >= 11 is 0. The molecule has 2 aromatic rings. The van der Waals surface area contributed by atoms with Crippen LogP contribution in [-0.2, 0) is 11.3 Å². The van der Waals surface area contributed by atoms with Gasteiger partial charge in [0.2, 0.25) is 5.91 Å². The van der Waals surface area contributed by atoms with E-state index in [9.17, 15) is 27.2 Å². The highest BCUT2D eigenvalue weighted by molar-refractivity contribution is 5.79. The molecule has 2 saturated heterocycles. The molecule has 5 N–H and O–H groups in total. The smallest absolute Gasteiger partial charge is 0.389 e. The van der Waals surface area contributed by atoms with Gasteiger partial charge in [0.1, 0.15) is 5.82 Å². The molecule has 0 saturated carbocycles. The number of hydrogen-bond acceptors (Lipinski definition) is 4. The Morgan fingerprint density at radius 3 is 2.38 bits per heavy atom. The van der Waals surface area contributed by atoms with Gasteiger partial charge in [-0.2, -0.15) is 13.2 Å². The first kappa shape index (κ1) is 28.9.